The van der Waals surface area contributed by atoms with Gasteiger partial charge in [0, 0.05) is 24.0 Å². The third-order valence-electron chi connectivity index (χ3n) is 2.04. The van der Waals surface area contributed by atoms with Crippen LogP contribution in [-0.2, 0) is 0 Å². The van der Waals surface area contributed by atoms with Gasteiger partial charge in [0.25, 0.3) is 0 Å². The van der Waals surface area contributed by atoms with Crippen LogP contribution < -0.4 is 4.90 Å². The molecule has 15 heavy (non-hydrogen) atoms. The van der Waals surface area contributed by atoms with Gasteiger partial charge in [-0.3, -0.25) is 0 Å². The molecule has 0 fully saturated rings. The zero-order valence-electron chi connectivity index (χ0n) is 8.33. The number of hydrogen-bond acceptors (Lipinski definition) is 3. The van der Waals surface area contributed by atoms with E-state index in [9.17, 15) is 0 Å². The largest absolute Gasteiger partial charge is 0.362 e. The fourth-order valence-electron chi connectivity index (χ4n) is 1.40. The fraction of sp³-hybridized carbons (Fsp3) is 0.200. The lowest BCUT2D eigenvalue weighted by Gasteiger charge is -2.13. The first-order valence-electron chi connectivity index (χ1n) is 4.38. The highest BCUT2D eigenvalue weighted by Crippen LogP contribution is 2.26. The van der Waals surface area contributed by atoms with Crippen molar-refractivity contribution in [2.45, 2.75) is 0 Å². The van der Waals surface area contributed by atoms with Gasteiger partial charge in [0.05, 0.1) is 5.52 Å². The van der Waals surface area contributed by atoms with Crippen molar-refractivity contribution < 1.29 is 0 Å². The van der Waals surface area contributed by atoms with Crippen LogP contribution in [0.4, 0.5) is 5.82 Å². The SMILES string of the molecule is CN(C)c1nc(Cl)nc2cc(Br)ccc12. The molecule has 1 aromatic carbocycles. The molecule has 2 aromatic rings. The molecule has 0 aliphatic heterocycles. The number of aromatic nitrogens is 2. The van der Waals surface area contributed by atoms with Gasteiger partial charge in [0.15, 0.2) is 0 Å². The predicted molar refractivity (Wildman–Crippen MR) is 66.6 cm³/mol. The normalized spacial score (nSPS) is 10.7. The van der Waals surface area contributed by atoms with E-state index in [4.69, 9.17) is 11.6 Å². The Morgan fingerprint density at radius 3 is 2.67 bits per heavy atom. The number of benzene rings is 1. The van der Waals surface area contributed by atoms with Crippen LogP contribution >= 0.6 is 27.5 Å². The van der Waals surface area contributed by atoms with Crippen LogP contribution in [0.2, 0.25) is 5.28 Å². The van der Waals surface area contributed by atoms with Crippen LogP contribution in [0.25, 0.3) is 10.9 Å². The number of fused-ring (bicyclic) bond motifs is 1. The second kappa shape index (κ2) is 3.94. The van der Waals surface area contributed by atoms with Crippen LogP contribution in [-0.4, -0.2) is 24.1 Å². The molecule has 3 nitrogen and oxygen atoms in total. The van der Waals surface area contributed by atoms with Crippen LogP contribution in [0.1, 0.15) is 0 Å². The van der Waals surface area contributed by atoms with Gasteiger partial charge < -0.3 is 4.90 Å². The average molecular weight is 287 g/mol. The van der Waals surface area contributed by atoms with Crippen molar-refractivity contribution in [3.8, 4) is 0 Å². The monoisotopic (exact) mass is 285 g/mol. The molecule has 0 radical (unpaired) electrons. The quantitative estimate of drug-likeness (QED) is 0.754. The van der Waals surface area contributed by atoms with Crippen molar-refractivity contribution in [2.75, 3.05) is 19.0 Å². The van der Waals surface area contributed by atoms with Crippen molar-refractivity contribution in [1.29, 1.82) is 0 Å². The standard InChI is InChI=1S/C10H9BrClN3/c1-15(2)9-7-4-3-6(11)5-8(7)13-10(12)14-9/h3-5H,1-2H3. The van der Waals surface area contributed by atoms with E-state index in [-0.39, 0.29) is 5.28 Å². The summed E-state index contributed by atoms with van der Waals surface area (Å²) in [6.45, 7) is 0. The first-order chi connectivity index (χ1) is 7.08. The molecular weight excluding hydrogens is 277 g/mol. The lowest BCUT2D eigenvalue weighted by Crippen LogP contribution is -2.11. The second-order valence-corrected chi connectivity index (χ2v) is 4.63. The fourth-order valence-corrected chi connectivity index (χ4v) is 1.92. The summed E-state index contributed by atoms with van der Waals surface area (Å²) in [7, 11) is 3.86. The highest BCUT2D eigenvalue weighted by atomic mass is 79.9. The van der Waals surface area contributed by atoms with Gasteiger partial charge in [-0.2, -0.15) is 4.98 Å². The summed E-state index contributed by atoms with van der Waals surface area (Å²) in [5, 5.41) is 1.26. The molecule has 0 aliphatic rings. The molecule has 0 bridgehead atoms. The third kappa shape index (κ3) is 2.06. The third-order valence-corrected chi connectivity index (χ3v) is 2.70. The van der Waals surface area contributed by atoms with E-state index >= 15 is 0 Å². The Morgan fingerprint density at radius 1 is 1.27 bits per heavy atom. The maximum absolute atomic E-state index is 5.86. The molecule has 0 N–H and O–H groups in total. The number of anilines is 1. The van der Waals surface area contributed by atoms with Gasteiger partial charge in [-0.25, -0.2) is 4.98 Å². The molecule has 0 saturated heterocycles. The maximum atomic E-state index is 5.86. The number of nitrogens with zero attached hydrogens (tertiary/aromatic N) is 3. The van der Waals surface area contributed by atoms with E-state index in [0.29, 0.717) is 0 Å². The van der Waals surface area contributed by atoms with Crippen LogP contribution in [0.5, 0.6) is 0 Å². The summed E-state index contributed by atoms with van der Waals surface area (Å²) in [4.78, 5) is 10.3. The Kier molecular flexibility index (Phi) is 2.80. The Balaban J connectivity index is 2.80. The first kappa shape index (κ1) is 10.6. The molecule has 1 heterocycles. The molecule has 0 unspecified atom stereocenters. The summed E-state index contributed by atoms with van der Waals surface area (Å²) in [6, 6.07) is 5.87. The Morgan fingerprint density at radius 2 is 2.00 bits per heavy atom. The Labute approximate surface area is 101 Å². The second-order valence-electron chi connectivity index (χ2n) is 3.37. The minimum absolute atomic E-state index is 0.268. The lowest BCUT2D eigenvalue weighted by molar-refractivity contribution is 1.06. The molecule has 5 heteroatoms. The van der Waals surface area contributed by atoms with Crippen molar-refractivity contribution in [3.05, 3.63) is 28.0 Å². The van der Waals surface area contributed by atoms with Gasteiger partial charge in [-0.05, 0) is 29.8 Å². The molecule has 78 valence electrons. The van der Waals surface area contributed by atoms with Gasteiger partial charge in [-0.15, -0.1) is 0 Å². The van der Waals surface area contributed by atoms with E-state index in [0.717, 1.165) is 21.2 Å². The molecule has 0 saturated carbocycles. The van der Waals surface area contributed by atoms with E-state index in [2.05, 4.69) is 25.9 Å². The van der Waals surface area contributed by atoms with Gasteiger partial charge in [0.2, 0.25) is 5.28 Å². The Hall–Kier alpha value is -0.870. The van der Waals surface area contributed by atoms with Gasteiger partial charge in [0.1, 0.15) is 5.82 Å². The van der Waals surface area contributed by atoms with Crippen LogP contribution in [0, 0.1) is 0 Å². The summed E-state index contributed by atoms with van der Waals surface area (Å²) in [5.74, 6) is 0.831. The molecular formula is C10H9BrClN3. The predicted octanol–water partition coefficient (Wildman–Crippen LogP) is 3.11. The van der Waals surface area contributed by atoms with Crippen molar-refractivity contribution in [2.24, 2.45) is 0 Å². The molecule has 1 aromatic heterocycles. The topological polar surface area (TPSA) is 29.0 Å². The average Bonchev–Trinajstić information content (AvgIpc) is 2.15. The Bertz CT molecular complexity index is 508. The van der Waals surface area contributed by atoms with Crippen molar-refractivity contribution in [1.82, 2.24) is 9.97 Å². The summed E-state index contributed by atoms with van der Waals surface area (Å²) in [5.41, 5.74) is 0.841. The van der Waals surface area contributed by atoms with Crippen molar-refractivity contribution in [3.63, 3.8) is 0 Å². The molecule has 0 aliphatic carbocycles. The van der Waals surface area contributed by atoms with E-state index < -0.39 is 0 Å². The highest BCUT2D eigenvalue weighted by Gasteiger charge is 2.08. The van der Waals surface area contributed by atoms with Crippen LogP contribution in [0.3, 0.4) is 0 Å². The minimum atomic E-state index is 0.268. The highest BCUT2D eigenvalue weighted by molar-refractivity contribution is 9.10. The van der Waals surface area contributed by atoms with E-state index in [1.165, 1.54) is 0 Å². The molecule has 0 amide bonds. The van der Waals surface area contributed by atoms with E-state index in [1.807, 2.05) is 37.2 Å². The summed E-state index contributed by atoms with van der Waals surface area (Å²) < 4.78 is 0.981. The molecule has 2 rings (SSSR count). The summed E-state index contributed by atoms with van der Waals surface area (Å²) in [6.07, 6.45) is 0. The number of hydrogen-bond donors (Lipinski definition) is 0. The lowest BCUT2D eigenvalue weighted by atomic mass is 10.2. The van der Waals surface area contributed by atoms with Crippen LogP contribution in [0.15, 0.2) is 22.7 Å². The maximum Gasteiger partial charge on any atom is 0.224 e. The number of halogens is 2. The minimum Gasteiger partial charge on any atom is -0.362 e. The zero-order chi connectivity index (χ0) is 11.0. The van der Waals surface area contributed by atoms with Gasteiger partial charge in [-0.1, -0.05) is 15.9 Å². The molecule has 0 spiro atoms. The smallest absolute Gasteiger partial charge is 0.224 e. The zero-order valence-corrected chi connectivity index (χ0v) is 10.7. The van der Waals surface area contributed by atoms with Gasteiger partial charge >= 0.3 is 0 Å². The number of rotatable bonds is 1. The summed E-state index contributed by atoms with van der Waals surface area (Å²) >= 11 is 9.26. The van der Waals surface area contributed by atoms with Crippen molar-refractivity contribution >= 4 is 44.3 Å². The molecule has 0 atom stereocenters. The first-order valence-corrected chi connectivity index (χ1v) is 5.55. The van der Waals surface area contributed by atoms with E-state index in [1.54, 1.807) is 0 Å².